The molecule has 12 heteroatoms. The molecule has 4 amide bonds. The predicted molar refractivity (Wildman–Crippen MR) is 117 cm³/mol. The minimum absolute atomic E-state index is 0.0999. The molecule has 3 aliphatic rings. The number of piperazine rings is 1. The molecule has 12 nitrogen and oxygen atoms in total. The third-order valence-corrected chi connectivity index (χ3v) is 5.92. The number of nitrogens with one attached hydrogen (secondary N) is 2. The Hall–Kier alpha value is -2.80. The first-order chi connectivity index (χ1) is 16.1. The Kier molecular flexibility index (Phi) is 8.08. The van der Waals surface area contributed by atoms with Gasteiger partial charge in [0, 0.05) is 51.3 Å². The van der Waals surface area contributed by atoms with Gasteiger partial charge in [0.05, 0.1) is 0 Å². The van der Waals surface area contributed by atoms with E-state index in [0.717, 1.165) is 10.1 Å². The summed E-state index contributed by atoms with van der Waals surface area (Å²) in [5.41, 5.74) is -2.25. The normalized spacial score (nSPS) is 28.2. The van der Waals surface area contributed by atoms with Crippen LogP contribution in [0.4, 0.5) is 0 Å². The Bertz CT molecular complexity index is 831. The fourth-order valence-electron chi connectivity index (χ4n) is 4.04. The molecular formula is C22H32N4O8. The SMILES string of the molecule is C/C(=C\C(=O)N1CCC[C@@]2(NC(=O)[C@]3(CCCN(C(=O)/C=C(\C)CCO)O3)NC2=O)O1)CCO. The van der Waals surface area contributed by atoms with Gasteiger partial charge in [-0.15, -0.1) is 0 Å². The summed E-state index contributed by atoms with van der Waals surface area (Å²) in [6, 6.07) is 0. The Morgan fingerprint density at radius 2 is 1.24 bits per heavy atom. The Morgan fingerprint density at radius 1 is 0.853 bits per heavy atom. The number of hydroxylamine groups is 4. The van der Waals surface area contributed by atoms with Gasteiger partial charge in [-0.3, -0.25) is 19.2 Å². The van der Waals surface area contributed by atoms with Crippen LogP contribution >= 0.6 is 0 Å². The lowest BCUT2D eigenvalue weighted by Crippen LogP contribution is -2.79. The average Bonchev–Trinajstić information content (AvgIpc) is 2.78. The summed E-state index contributed by atoms with van der Waals surface area (Å²) < 4.78 is 0. The number of rotatable bonds is 6. The first kappa shape index (κ1) is 25.8. The number of aliphatic hydroxyl groups is 2. The number of aliphatic hydroxyl groups excluding tert-OH is 2. The van der Waals surface area contributed by atoms with Gasteiger partial charge in [-0.2, -0.15) is 0 Å². The quantitative estimate of drug-likeness (QED) is 0.367. The van der Waals surface area contributed by atoms with Crippen molar-refractivity contribution in [1.29, 1.82) is 0 Å². The maximum absolute atomic E-state index is 13.2. The number of carbonyl (C=O) groups excluding carboxylic acids is 4. The minimum Gasteiger partial charge on any atom is -0.396 e. The summed E-state index contributed by atoms with van der Waals surface area (Å²) in [5, 5.41) is 25.3. The van der Waals surface area contributed by atoms with Crippen molar-refractivity contribution >= 4 is 23.6 Å². The summed E-state index contributed by atoms with van der Waals surface area (Å²) in [7, 11) is 0. The summed E-state index contributed by atoms with van der Waals surface area (Å²) in [6.45, 7) is 3.65. The van der Waals surface area contributed by atoms with Crippen LogP contribution in [0, 0.1) is 0 Å². The molecule has 188 valence electrons. The maximum atomic E-state index is 13.2. The topological polar surface area (TPSA) is 158 Å². The highest BCUT2D eigenvalue weighted by molar-refractivity contribution is 6.01. The molecule has 0 aromatic heterocycles. The van der Waals surface area contributed by atoms with Gasteiger partial charge in [0.2, 0.25) is 11.4 Å². The van der Waals surface area contributed by atoms with E-state index >= 15 is 0 Å². The zero-order chi connectivity index (χ0) is 24.9. The Labute approximate surface area is 197 Å². The highest BCUT2D eigenvalue weighted by Crippen LogP contribution is 2.33. The van der Waals surface area contributed by atoms with Crippen LogP contribution < -0.4 is 10.6 Å². The van der Waals surface area contributed by atoms with E-state index in [0.29, 0.717) is 36.8 Å². The lowest BCUT2D eigenvalue weighted by molar-refractivity contribution is -0.290. The lowest BCUT2D eigenvalue weighted by Gasteiger charge is -2.49. The zero-order valence-corrected chi connectivity index (χ0v) is 19.5. The van der Waals surface area contributed by atoms with Gasteiger partial charge in [-0.25, -0.2) is 19.8 Å². The van der Waals surface area contributed by atoms with Crippen LogP contribution in [-0.2, 0) is 28.9 Å². The van der Waals surface area contributed by atoms with E-state index < -0.39 is 35.1 Å². The monoisotopic (exact) mass is 480 g/mol. The Morgan fingerprint density at radius 3 is 1.59 bits per heavy atom. The van der Waals surface area contributed by atoms with Crippen molar-refractivity contribution in [2.45, 2.75) is 63.8 Å². The van der Waals surface area contributed by atoms with Crippen molar-refractivity contribution in [3.05, 3.63) is 23.3 Å². The van der Waals surface area contributed by atoms with E-state index in [4.69, 9.17) is 19.9 Å². The number of amides is 4. The second-order valence-electron chi connectivity index (χ2n) is 8.76. The van der Waals surface area contributed by atoms with Gasteiger partial charge in [0.1, 0.15) is 0 Å². The molecule has 34 heavy (non-hydrogen) atoms. The zero-order valence-electron chi connectivity index (χ0n) is 19.5. The van der Waals surface area contributed by atoms with E-state index in [2.05, 4.69) is 10.6 Å². The van der Waals surface area contributed by atoms with Gasteiger partial charge >= 0.3 is 0 Å². The second-order valence-corrected chi connectivity index (χ2v) is 8.76. The smallest absolute Gasteiger partial charge is 0.278 e. The second kappa shape index (κ2) is 10.6. The number of carbonyl (C=O) groups is 4. The molecule has 3 rings (SSSR count). The van der Waals surface area contributed by atoms with Crippen LogP contribution in [0.15, 0.2) is 23.3 Å². The van der Waals surface area contributed by atoms with Crippen molar-refractivity contribution in [2.75, 3.05) is 26.3 Å². The molecule has 0 bridgehead atoms. The molecule has 0 radical (unpaired) electrons. The van der Waals surface area contributed by atoms with Crippen LogP contribution in [0.25, 0.3) is 0 Å². The van der Waals surface area contributed by atoms with E-state index in [1.807, 2.05) is 0 Å². The summed E-state index contributed by atoms with van der Waals surface area (Å²) in [6.07, 6.45) is 4.39. The maximum Gasteiger partial charge on any atom is 0.278 e. The van der Waals surface area contributed by atoms with Crippen molar-refractivity contribution in [3.8, 4) is 0 Å². The molecule has 2 spiro atoms. The first-order valence-electron chi connectivity index (χ1n) is 11.4. The predicted octanol–water partition coefficient (Wildman–Crippen LogP) is -0.610. The summed E-state index contributed by atoms with van der Waals surface area (Å²) in [4.78, 5) is 62.8. The largest absolute Gasteiger partial charge is 0.396 e. The van der Waals surface area contributed by atoms with Crippen molar-refractivity contribution in [1.82, 2.24) is 20.8 Å². The fraction of sp³-hybridized carbons (Fsp3) is 0.636. The Balaban J connectivity index is 1.73. The highest BCUT2D eigenvalue weighted by atomic mass is 16.7. The van der Waals surface area contributed by atoms with Gasteiger partial charge < -0.3 is 20.8 Å². The third kappa shape index (κ3) is 5.46. The van der Waals surface area contributed by atoms with E-state index in [-0.39, 0.29) is 39.1 Å². The molecule has 3 saturated heterocycles. The van der Waals surface area contributed by atoms with Crippen LogP contribution in [0.5, 0.6) is 0 Å². The summed E-state index contributed by atoms with van der Waals surface area (Å²) >= 11 is 0. The third-order valence-electron chi connectivity index (χ3n) is 5.92. The molecule has 3 aliphatic heterocycles. The number of hydrogen-bond donors (Lipinski definition) is 4. The minimum atomic E-state index is -1.78. The fourth-order valence-corrected chi connectivity index (χ4v) is 4.04. The first-order valence-corrected chi connectivity index (χ1v) is 11.4. The van der Waals surface area contributed by atoms with Gasteiger partial charge in [0.15, 0.2) is 0 Å². The average molecular weight is 481 g/mol. The highest BCUT2D eigenvalue weighted by Gasteiger charge is 2.59. The molecule has 3 heterocycles. The van der Waals surface area contributed by atoms with Crippen LogP contribution in [-0.4, -0.2) is 81.7 Å². The summed E-state index contributed by atoms with van der Waals surface area (Å²) in [5.74, 6) is -2.35. The number of hydrogen-bond acceptors (Lipinski definition) is 8. The molecule has 4 N–H and O–H groups in total. The molecule has 3 fully saturated rings. The van der Waals surface area contributed by atoms with Crippen molar-refractivity contribution in [2.24, 2.45) is 0 Å². The lowest BCUT2D eigenvalue weighted by atomic mass is 9.95. The molecule has 0 saturated carbocycles. The van der Waals surface area contributed by atoms with E-state index in [1.165, 1.54) is 12.2 Å². The standard InChI is InChI=1S/C22H32N4O8/c1-15(5-11-27)13-17(29)25-9-3-7-21(33-25)19(31)24-22(20(32)23-21)8-4-10-26(34-22)18(30)14-16(2)6-12-28/h13-14,27-28H,3-12H2,1-2H3,(H,23,32)(H,24,31)/b15-13+,16-14+/t21-,22-/m1/s1. The molecule has 0 unspecified atom stereocenters. The molecule has 0 aliphatic carbocycles. The van der Waals surface area contributed by atoms with Crippen molar-refractivity contribution < 1.29 is 39.1 Å². The molecule has 0 aromatic carbocycles. The van der Waals surface area contributed by atoms with E-state index in [1.54, 1.807) is 13.8 Å². The van der Waals surface area contributed by atoms with Gasteiger partial charge in [0.25, 0.3) is 23.6 Å². The molecule has 2 atom stereocenters. The molecular weight excluding hydrogens is 448 g/mol. The van der Waals surface area contributed by atoms with Gasteiger partial charge in [-0.1, -0.05) is 11.1 Å². The van der Waals surface area contributed by atoms with Crippen molar-refractivity contribution in [3.63, 3.8) is 0 Å². The van der Waals surface area contributed by atoms with Gasteiger partial charge in [-0.05, 0) is 39.5 Å². The molecule has 0 aromatic rings. The van der Waals surface area contributed by atoms with E-state index in [9.17, 15) is 19.2 Å². The van der Waals surface area contributed by atoms with Crippen LogP contribution in [0.3, 0.4) is 0 Å². The van der Waals surface area contributed by atoms with Crippen LogP contribution in [0.2, 0.25) is 0 Å². The van der Waals surface area contributed by atoms with Crippen LogP contribution in [0.1, 0.15) is 52.4 Å². The number of nitrogens with zero attached hydrogens (tertiary/aromatic N) is 2.